The zero-order valence-electron chi connectivity index (χ0n) is 8.16. The van der Waals surface area contributed by atoms with Crippen molar-refractivity contribution in [3.05, 3.63) is 12.2 Å². The smallest absolute Gasteiger partial charge is 0.162 e. The van der Waals surface area contributed by atoms with Crippen LogP contribution in [-0.4, -0.2) is 31.7 Å². The molecule has 0 saturated carbocycles. The second kappa shape index (κ2) is 3.40. The quantitative estimate of drug-likeness (QED) is 0.532. The molecule has 13 heavy (non-hydrogen) atoms. The standard InChI is InChI=1S/C10H16O3/c1-10(2)12-6-8-4-3-5-11-9(8)7-13-10/h3-4,8-9H,5-7H2,1-2H3/t8-,9-/m0/s1. The van der Waals surface area contributed by atoms with Crippen molar-refractivity contribution in [3.63, 3.8) is 0 Å². The molecule has 2 atom stereocenters. The minimum Gasteiger partial charge on any atom is -0.371 e. The fourth-order valence-corrected chi connectivity index (χ4v) is 1.61. The molecule has 2 heterocycles. The van der Waals surface area contributed by atoms with E-state index in [9.17, 15) is 0 Å². The third-order valence-corrected chi connectivity index (χ3v) is 2.49. The average molecular weight is 184 g/mol. The summed E-state index contributed by atoms with van der Waals surface area (Å²) < 4.78 is 16.7. The lowest BCUT2D eigenvalue weighted by Gasteiger charge is -2.24. The summed E-state index contributed by atoms with van der Waals surface area (Å²) in [7, 11) is 0. The Morgan fingerprint density at radius 2 is 2.00 bits per heavy atom. The topological polar surface area (TPSA) is 27.7 Å². The zero-order valence-corrected chi connectivity index (χ0v) is 8.16. The predicted octanol–water partition coefficient (Wildman–Crippen LogP) is 1.34. The van der Waals surface area contributed by atoms with Gasteiger partial charge in [-0.15, -0.1) is 0 Å². The summed E-state index contributed by atoms with van der Waals surface area (Å²) in [5.41, 5.74) is 0. The van der Waals surface area contributed by atoms with Crippen LogP contribution in [0.1, 0.15) is 13.8 Å². The lowest BCUT2D eigenvalue weighted by molar-refractivity contribution is -0.204. The Balaban J connectivity index is 2.05. The summed E-state index contributed by atoms with van der Waals surface area (Å²) >= 11 is 0. The lowest BCUT2D eigenvalue weighted by atomic mass is 10.0. The van der Waals surface area contributed by atoms with Gasteiger partial charge in [0.25, 0.3) is 0 Å². The Kier molecular flexibility index (Phi) is 2.41. The molecule has 3 heteroatoms. The van der Waals surface area contributed by atoms with Crippen LogP contribution in [0.5, 0.6) is 0 Å². The van der Waals surface area contributed by atoms with E-state index in [1.807, 2.05) is 19.9 Å². The van der Waals surface area contributed by atoms with E-state index in [4.69, 9.17) is 14.2 Å². The molecule has 0 radical (unpaired) electrons. The van der Waals surface area contributed by atoms with Crippen LogP contribution in [0.15, 0.2) is 12.2 Å². The van der Waals surface area contributed by atoms with Crippen LogP contribution < -0.4 is 0 Å². The first-order chi connectivity index (χ1) is 6.17. The number of ether oxygens (including phenoxy) is 3. The maximum absolute atomic E-state index is 5.61. The SMILES string of the molecule is CC1(C)OC[C@@H]2OCC=C[C@H]2CO1. The highest BCUT2D eigenvalue weighted by Gasteiger charge is 2.32. The summed E-state index contributed by atoms with van der Waals surface area (Å²) in [5.74, 6) is -0.107. The largest absolute Gasteiger partial charge is 0.371 e. The van der Waals surface area contributed by atoms with Crippen LogP contribution in [0.4, 0.5) is 0 Å². The van der Waals surface area contributed by atoms with Crippen LogP contribution in [0.3, 0.4) is 0 Å². The molecule has 0 bridgehead atoms. The van der Waals surface area contributed by atoms with Crippen molar-refractivity contribution in [2.24, 2.45) is 5.92 Å². The van der Waals surface area contributed by atoms with Gasteiger partial charge in [-0.05, 0) is 13.8 Å². The maximum atomic E-state index is 5.61. The molecule has 0 aliphatic carbocycles. The number of rotatable bonds is 0. The van der Waals surface area contributed by atoms with E-state index < -0.39 is 5.79 Å². The summed E-state index contributed by atoms with van der Waals surface area (Å²) in [5, 5.41) is 0. The predicted molar refractivity (Wildman–Crippen MR) is 48.4 cm³/mol. The minimum absolute atomic E-state index is 0.173. The van der Waals surface area contributed by atoms with Crippen molar-refractivity contribution in [2.45, 2.75) is 25.7 Å². The van der Waals surface area contributed by atoms with E-state index in [1.165, 1.54) is 0 Å². The van der Waals surface area contributed by atoms with Crippen LogP contribution in [0.25, 0.3) is 0 Å². The van der Waals surface area contributed by atoms with E-state index >= 15 is 0 Å². The molecule has 0 amide bonds. The fraction of sp³-hybridized carbons (Fsp3) is 0.800. The third kappa shape index (κ3) is 2.10. The van der Waals surface area contributed by atoms with Crippen LogP contribution in [0.2, 0.25) is 0 Å². The van der Waals surface area contributed by atoms with Gasteiger partial charge in [-0.1, -0.05) is 12.2 Å². The summed E-state index contributed by atoms with van der Waals surface area (Å²) in [6, 6.07) is 0. The molecule has 1 fully saturated rings. The first kappa shape index (κ1) is 9.19. The Labute approximate surface area is 78.7 Å². The first-order valence-corrected chi connectivity index (χ1v) is 4.73. The third-order valence-electron chi connectivity index (χ3n) is 2.49. The van der Waals surface area contributed by atoms with E-state index in [1.54, 1.807) is 0 Å². The van der Waals surface area contributed by atoms with Crippen molar-refractivity contribution in [1.82, 2.24) is 0 Å². The molecule has 0 unspecified atom stereocenters. The second-order valence-corrected chi connectivity index (χ2v) is 3.99. The Morgan fingerprint density at radius 3 is 2.85 bits per heavy atom. The van der Waals surface area contributed by atoms with E-state index in [0.29, 0.717) is 25.7 Å². The van der Waals surface area contributed by atoms with Gasteiger partial charge in [0, 0.05) is 5.92 Å². The second-order valence-electron chi connectivity index (χ2n) is 3.99. The fourth-order valence-electron chi connectivity index (χ4n) is 1.61. The molecule has 0 aromatic carbocycles. The van der Waals surface area contributed by atoms with Gasteiger partial charge in [0.1, 0.15) is 0 Å². The molecule has 0 aromatic heterocycles. The Bertz CT molecular complexity index is 210. The van der Waals surface area contributed by atoms with Gasteiger partial charge in [0.05, 0.1) is 25.9 Å². The van der Waals surface area contributed by atoms with Gasteiger partial charge in [0.2, 0.25) is 0 Å². The Morgan fingerprint density at radius 1 is 1.23 bits per heavy atom. The molecule has 3 nitrogen and oxygen atoms in total. The van der Waals surface area contributed by atoms with Gasteiger partial charge in [-0.2, -0.15) is 0 Å². The summed E-state index contributed by atoms with van der Waals surface area (Å²) in [6.45, 7) is 5.89. The Hall–Kier alpha value is -0.380. The van der Waals surface area contributed by atoms with Crippen molar-refractivity contribution in [1.29, 1.82) is 0 Å². The minimum atomic E-state index is -0.464. The number of fused-ring (bicyclic) bond motifs is 1. The maximum Gasteiger partial charge on any atom is 0.162 e. The monoisotopic (exact) mass is 184 g/mol. The van der Waals surface area contributed by atoms with Crippen LogP contribution in [-0.2, 0) is 14.2 Å². The molecule has 2 aliphatic heterocycles. The van der Waals surface area contributed by atoms with Crippen LogP contribution in [0, 0.1) is 5.92 Å². The van der Waals surface area contributed by atoms with Crippen LogP contribution >= 0.6 is 0 Å². The van der Waals surface area contributed by atoms with Gasteiger partial charge >= 0.3 is 0 Å². The highest BCUT2D eigenvalue weighted by Crippen LogP contribution is 2.25. The highest BCUT2D eigenvalue weighted by molar-refractivity contribution is 4.97. The zero-order chi connectivity index (χ0) is 9.31. The molecule has 0 aromatic rings. The molecule has 0 N–H and O–H groups in total. The molecule has 0 spiro atoms. The van der Waals surface area contributed by atoms with Crippen molar-refractivity contribution in [3.8, 4) is 0 Å². The average Bonchev–Trinajstić information content (AvgIpc) is 2.27. The van der Waals surface area contributed by atoms with E-state index in [0.717, 1.165) is 0 Å². The van der Waals surface area contributed by atoms with Gasteiger partial charge < -0.3 is 14.2 Å². The molecular weight excluding hydrogens is 168 g/mol. The summed E-state index contributed by atoms with van der Waals surface area (Å²) in [6.07, 6.45) is 4.38. The molecule has 2 rings (SSSR count). The van der Waals surface area contributed by atoms with Gasteiger partial charge in [-0.3, -0.25) is 0 Å². The number of hydrogen-bond donors (Lipinski definition) is 0. The summed E-state index contributed by atoms with van der Waals surface area (Å²) in [4.78, 5) is 0. The van der Waals surface area contributed by atoms with Crippen molar-refractivity contribution < 1.29 is 14.2 Å². The van der Waals surface area contributed by atoms with Crippen molar-refractivity contribution >= 4 is 0 Å². The molecule has 2 aliphatic rings. The van der Waals surface area contributed by atoms with E-state index in [2.05, 4.69) is 6.08 Å². The number of hydrogen-bond acceptors (Lipinski definition) is 3. The molecule has 1 saturated heterocycles. The molecular formula is C10H16O3. The normalized spacial score (nSPS) is 38.0. The van der Waals surface area contributed by atoms with Gasteiger partial charge in [0.15, 0.2) is 5.79 Å². The first-order valence-electron chi connectivity index (χ1n) is 4.73. The molecule has 74 valence electrons. The van der Waals surface area contributed by atoms with E-state index in [-0.39, 0.29) is 6.10 Å². The lowest BCUT2D eigenvalue weighted by Crippen LogP contribution is -2.31. The highest BCUT2D eigenvalue weighted by atomic mass is 16.7. The van der Waals surface area contributed by atoms with Crippen molar-refractivity contribution in [2.75, 3.05) is 19.8 Å². The van der Waals surface area contributed by atoms with Gasteiger partial charge in [-0.25, -0.2) is 0 Å².